The molecule has 1 aromatic carbocycles. The maximum atomic E-state index is 12.1. The van der Waals surface area contributed by atoms with Crippen LogP contribution in [0.4, 0.5) is 0 Å². The van der Waals surface area contributed by atoms with Crippen molar-refractivity contribution in [1.82, 2.24) is 14.8 Å². The number of ether oxygens (including phenoxy) is 1. The van der Waals surface area contributed by atoms with Gasteiger partial charge in [-0.15, -0.1) is 0 Å². The van der Waals surface area contributed by atoms with Gasteiger partial charge < -0.3 is 14.4 Å². The fourth-order valence-corrected chi connectivity index (χ4v) is 2.73. The topological polar surface area (TPSA) is 114 Å². The third-order valence-electron chi connectivity index (χ3n) is 3.90. The molecule has 2 aliphatic rings. The number of esters is 1. The predicted molar refractivity (Wildman–Crippen MR) is 87.6 cm³/mol. The number of rotatable bonds is 5. The average molecular weight is 341 g/mol. The summed E-state index contributed by atoms with van der Waals surface area (Å²) in [5, 5.41) is 15.4. The molecule has 25 heavy (non-hydrogen) atoms. The maximum absolute atomic E-state index is 12.1. The highest BCUT2D eigenvalue weighted by Crippen LogP contribution is 2.27. The van der Waals surface area contributed by atoms with E-state index < -0.39 is 23.5 Å². The van der Waals surface area contributed by atoms with Crippen molar-refractivity contribution in [2.45, 2.75) is 12.5 Å². The van der Waals surface area contributed by atoms with E-state index in [1.54, 1.807) is 24.3 Å². The standard InChI is InChI=1S/C17H15N3O5/c1-25-17(24)12-9-20(8-11-15(12)18-19-16(11)23)13(7-14(21)22)10-5-3-2-4-6-10/h2-6,8-9,13H,7H2,1H3,(H,19,23)(H,21,22). The first-order valence-corrected chi connectivity index (χ1v) is 7.46. The summed E-state index contributed by atoms with van der Waals surface area (Å²) in [4.78, 5) is 35.4. The first-order valence-electron chi connectivity index (χ1n) is 7.46. The van der Waals surface area contributed by atoms with Crippen molar-refractivity contribution in [3.63, 3.8) is 0 Å². The van der Waals surface area contributed by atoms with Crippen molar-refractivity contribution >= 4 is 11.9 Å². The van der Waals surface area contributed by atoms with Crippen LogP contribution < -0.4 is 5.56 Å². The number of H-pyrrole nitrogens is 1. The number of nitrogens with zero attached hydrogens (tertiary/aromatic N) is 2. The van der Waals surface area contributed by atoms with Gasteiger partial charge in [0.25, 0.3) is 5.56 Å². The summed E-state index contributed by atoms with van der Waals surface area (Å²) in [5.74, 6) is -1.66. The molecule has 1 atom stereocenters. The Labute approximate surface area is 142 Å². The largest absolute Gasteiger partial charge is 0.481 e. The molecule has 8 heteroatoms. The molecule has 8 nitrogen and oxygen atoms in total. The monoisotopic (exact) mass is 341 g/mol. The molecule has 2 aliphatic heterocycles. The number of nitrogens with one attached hydrogen (secondary N) is 1. The van der Waals surface area contributed by atoms with E-state index in [0.29, 0.717) is 0 Å². The van der Waals surface area contributed by atoms with Crippen LogP contribution in [0.3, 0.4) is 0 Å². The highest BCUT2D eigenvalue weighted by Gasteiger charge is 2.25. The average Bonchev–Trinajstić information content (AvgIpc) is 3.00. The smallest absolute Gasteiger partial charge is 0.341 e. The molecule has 0 amide bonds. The molecule has 3 rings (SSSR count). The van der Waals surface area contributed by atoms with E-state index in [9.17, 15) is 19.5 Å². The number of carboxylic acid groups (broad SMARTS) is 1. The normalized spacial score (nSPS) is 12.0. The van der Waals surface area contributed by atoms with Crippen LogP contribution in [-0.4, -0.2) is 38.9 Å². The maximum Gasteiger partial charge on any atom is 0.341 e. The Morgan fingerprint density at radius 3 is 2.64 bits per heavy atom. The number of pyridine rings is 1. The summed E-state index contributed by atoms with van der Waals surface area (Å²) in [7, 11) is 1.22. The number of aromatic amines is 1. The summed E-state index contributed by atoms with van der Waals surface area (Å²) in [6, 6.07) is 8.39. The fourth-order valence-electron chi connectivity index (χ4n) is 2.73. The van der Waals surface area contributed by atoms with Crippen LogP contribution in [-0.2, 0) is 9.53 Å². The Kier molecular flexibility index (Phi) is 4.34. The lowest BCUT2D eigenvalue weighted by Gasteiger charge is -2.21. The molecular formula is C17H15N3O5. The Balaban J connectivity index is 2.22. The van der Waals surface area contributed by atoms with E-state index in [2.05, 4.69) is 10.2 Å². The SMILES string of the molecule is COC(=O)c1cn(C(CC(=O)O)c2ccccc2)cc2c(=O)[nH]nc1-2. The van der Waals surface area contributed by atoms with Crippen molar-refractivity contribution in [3.8, 4) is 11.3 Å². The number of aromatic nitrogens is 3. The fraction of sp³-hybridized carbons (Fsp3) is 0.176. The number of methoxy groups -OCH3 is 1. The van der Waals surface area contributed by atoms with Gasteiger partial charge in [-0.25, -0.2) is 9.89 Å². The number of benzene rings is 1. The van der Waals surface area contributed by atoms with Gasteiger partial charge in [-0.3, -0.25) is 9.59 Å². The summed E-state index contributed by atoms with van der Waals surface area (Å²) < 4.78 is 6.29. The van der Waals surface area contributed by atoms with Gasteiger partial charge >= 0.3 is 11.9 Å². The number of hydrogen-bond acceptors (Lipinski definition) is 5. The Bertz CT molecular complexity index is 945. The van der Waals surface area contributed by atoms with Gasteiger partial charge in [-0.2, -0.15) is 5.10 Å². The molecule has 0 radical (unpaired) electrons. The van der Waals surface area contributed by atoms with Crippen molar-refractivity contribution in [3.05, 3.63) is 64.2 Å². The van der Waals surface area contributed by atoms with Gasteiger partial charge in [0, 0.05) is 12.4 Å². The minimum Gasteiger partial charge on any atom is -0.481 e. The Morgan fingerprint density at radius 2 is 2.00 bits per heavy atom. The first-order chi connectivity index (χ1) is 12.0. The number of fused-ring (bicyclic) bond motifs is 1. The second-order valence-corrected chi connectivity index (χ2v) is 5.45. The summed E-state index contributed by atoms with van der Waals surface area (Å²) in [6.45, 7) is 0. The predicted octanol–water partition coefficient (Wildman–Crippen LogP) is 1.53. The van der Waals surface area contributed by atoms with Gasteiger partial charge in [-0.05, 0) is 5.56 Å². The zero-order valence-corrected chi connectivity index (χ0v) is 13.3. The quantitative estimate of drug-likeness (QED) is 0.680. The summed E-state index contributed by atoms with van der Waals surface area (Å²) in [5.41, 5.74) is 0.742. The van der Waals surface area contributed by atoms with Crippen LogP contribution in [0.5, 0.6) is 0 Å². The zero-order chi connectivity index (χ0) is 18.0. The number of hydrogen-bond donors (Lipinski definition) is 2. The van der Waals surface area contributed by atoms with Gasteiger partial charge in [-0.1, -0.05) is 30.3 Å². The Morgan fingerprint density at radius 1 is 1.28 bits per heavy atom. The van der Waals surface area contributed by atoms with Crippen LogP contribution in [0.15, 0.2) is 47.5 Å². The van der Waals surface area contributed by atoms with Crippen LogP contribution in [0, 0.1) is 0 Å². The molecule has 0 saturated heterocycles. The molecule has 0 bridgehead atoms. The van der Waals surface area contributed by atoms with E-state index in [0.717, 1.165) is 5.56 Å². The van der Waals surface area contributed by atoms with Gasteiger partial charge in [0.2, 0.25) is 0 Å². The Hall–Kier alpha value is -3.42. The van der Waals surface area contributed by atoms with Crippen LogP contribution >= 0.6 is 0 Å². The van der Waals surface area contributed by atoms with Gasteiger partial charge in [0.05, 0.1) is 25.1 Å². The van der Waals surface area contributed by atoms with E-state index in [-0.39, 0.29) is 23.2 Å². The van der Waals surface area contributed by atoms with Gasteiger partial charge in [0.15, 0.2) is 0 Å². The van der Waals surface area contributed by atoms with E-state index in [1.165, 1.54) is 24.1 Å². The van der Waals surface area contributed by atoms with E-state index in [1.807, 2.05) is 6.07 Å². The third kappa shape index (κ3) is 3.14. The molecule has 128 valence electrons. The van der Waals surface area contributed by atoms with Crippen LogP contribution in [0.1, 0.15) is 28.4 Å². The molecule has 2 heterocycles. The van der Waals surface area contributed by atoms with Crippen molar-refractivity contribution < 1.29 is 19.4 Å². The van der Waals surface area contributed by atoms with Crippen molar-refractivity contribution in [2.75, 3.05) is 7.11 Å². The highest BCUT2D eigenvalue weighted by atomic mass is 16.5. The zero-order valence-electron chi connectivity index (χ0n) is 13.3. The number of carbonyl (C=O) groups excluding carboxylic acids is 1. The summed E-state index contributed by atoms with van der Waals surface area (Å²) in [6.07, 6.45) is 2.73. The highest BCUT2D eigenvalue weighted by molar-refractivity contribution is 5.96. The van der Waals surface area contributed by atoms with Crippen LogP contribution in [0.25, 0.3) is 11.3 Å². The minimum absolute atomic E-state index is 0.0877. The third-order valence-corrected chi connectivity index (χ3v) is 3.90. The molecule has 0 aliphatic carbocycles. The molecular weight excluding hydrogens is 326 g/mol. The molecule has 1 unspecified atom stereocenters. The second kappa shape index (κ2) is 6.60. The molecule has 0 aromatic heterocycles. The second-order valence-electron chi connectivity index (χ2n) is 5.45. The van der Waals surface area contributed by atoms with E-state index in [4.69, 9.17) is 4.74 Å². The number of carbonyl (C=O) groups is 2. The van der Waals surface area contributed by atoms with E-state index >= 15 is 0 Å². The minimum atomic E-state index is -1.00. The lowest BCUT2D eigenvalue weighted by molar-refractivity contribution is -0.137. The first kappa shape index (κ1) is 16.4. The van der Waals surface area contributed by atoms with Crippen molar-refractivity contribution in [1.29, 1.82) is 0 Å². The lowest BCUT2D eigenvalue weighted by Crippen LogP contribution is -2.19. The van der Waals surface area contributed by atoms with Crippen molar-refractivity contribution in [2.24, 2.45) is 0 Å². The molecule has 0 saturated carbocycles. The number of aliphatic carboxylic acids is 1. The summed E-state index contributed by atoms with van der Waals surface area (Å²) >= 11 is 0. The molecule has 0 fully saturated rings. The van der Waals surface area contributed by atoms with Crippen LogP contribution in [0.2, 0.25) is 0 Å². The lowest BCUT2D eigenvalue weighted by atomic mass is 10.0. The number of carboxylic acids is 1. The molecule has 0 spiro atoms. The van der Waals surface area contributed by atoms with Gasteiger partial charge in [0.1, 0.15) is 11.3 Å². The molecule has 1 aromatic rings. The molecule has 2 N–H and O–H groups in total.